The number of rotatable bonds is 5. The van der Waals surface area contributed by atoms with Crippen molar-refractivity contribution in [3.05, 3.63) is 65.0 Å². The lowest BCUT2D eigenvalue weighted by Gasteiger charge is -2.07. The predicted octanol–water partition coefficient (Wildman–Crippen LogP) is 2.41. The van der Waals surface area contributed by atoms with Gasteiger partial charge in [-0.15, -0.1) is 11.3 Å². The lowest BCUT2D eigenvalue weighted by molar-refractivity contribution is -0.120. The van der Waals surface area contributed by atoms with Gasteiger partial charge in [0.1, 0.15) is 4.21 Å². The Kier molecular flexibility index (Phi) is 4.66. The average Bonchev–Trinajstić information content (AvgIpc) is 3.03. The Balaban J connectivity index is 1.66. The lowest BCUT2D eigenvalue weighted by Crippen LogP contribution is -2.24. The number of fused-ring (bicyclic) bond motifs is 1. The van der Waals surface area contributed by atoms with Gasteiger partial charge >= 0.3 is 0 Å². The molecule has 2 aromatic carbocycles. The summed E-state index contributed by atoms with van der Waals surface area (Å²) in [6, 6.07) is 16.9. The number of nitrogens with one attached hydrogen (secondary N) is 1. The molecule has 0 radical (unpaired) electrons. The molecule has 0 bridgehead atoms. The Bertz CT molecular complexity index is 988. The Hall–Kier alpha value is -2.22. The van der Waals surface area contributed by atoms with Gasteiger partial charge in [-0.05, 0) is 28.5 Å². The number of benzene rings is 2. The molecule has 0 aliphatic rings. The summed E-state index contributed by atoms with van der Waals surface area (Å²) < 4.78 is 22.6. The van der Waals surface area contributed by atoms with Gasteiger partial charge in [-0.1, -0.05) is 42.5 Å². The van der Waals surface area contributed by atoms with E-state index >= 15 is 0 Å². The summed E-state index contributed by atoms with van der Waals surface area (Å²) in [5, 5.41) is 10.0. The van der Waals surface area contributed by atoms with E-state index < -0.39 is 10.0 Å². The zero-order valence-electron chi connectivity index (χ0n) is 12.7. The molecule has 0 saturated heterocycles. The third-order valence-electron chi connectivity index (χ3n) is 3.61. The fourth-order valence-electron chi connectivity index (χ4n) is 2.47. The van der Waals surface area contributed by atoms with E-state index in [0.29, 0.717) is 0 Å². The van der Waals surface area contributed by atoms with E-state index in [1.165, 1.54) is 6.07 Å². The van der Waals surface area contributed by atoms with Crippen molar-refractivity contribution >= 4 is 38.0 Å². The summed E-state index contributed by atoms with van der Waals surface area (Å²) >= 11 is 1.06. The molecule has 5 nitrogen and oxygen atoms in total. The maximum Gasteiger partial charge on any atom is 0.247 e. The zero-order valence-corrected chi connectivity index (χ0v) is 14.4. The standard InChI is InChI=1S/C17H16N2O3S2/c18-24(21,22)17-9-8-14(23-17)11-19-16(20)10-13-6-3-5-12-4-1-2-7-15(12)13/h1-9H,10-11H2,(H,19,20)(H2,18,21,22). The van der Waals surface area contributed by atoms with Crippen molar-refractivity contribution in [3.8, 4) is 0 Å². The van der Waals surface area contributed by atoms with Crippen LogP contribution in [0.3, 0.4) is 0 Å². The molecule has 0 aliphatic heterocycles. The smallest absolute Gasteiger partial charge is 0.247 e. The molecule has 0 unspecified atom stereocenters. The quantitative estimate of drug-likeness (QED) is 0.732. The number of amides is 1. The first-order valence-corrected chi connectivity index (χ1v) is 9.64. The third-order valence-corrected chi connectivity index (χ3v) is 6.13. The Labute approximate surface area is 144 Å². The van der Waals surface area contributed by atoms with Crippen LogP contribution >= 0.6 is 11.3 Å². The van der Waals surface area contributed by atoms with Gasteiger partial charge in [0.25, 0.3) is 0 Å². The van der Waals surface area contributed by atoms with Crippen LogP contribution in [0.15, 0.2) is 58.8 Å². The molecule has 3 N–H and O–H groups in total. The first-order valence-electron chi connectivity index (χ1n) is 7.28. The van der Waals surface area contributed by atoms with E-state index in [1.807, 2.05) is 42.5 Å². The third kappa shape index (κ3) is 3.81. The maximum atomic E-state index is 12.2. The van der Waals surface area contributed by atoms with Crippen LogP contribution in [0, 0.1) is 0 Å². The summed E-state index contributed by atoms with van der Waals surface area (Å²) in [5.74, 6) is -0.114. The molecule has 0 spiro atoms. The number of carbonyl (C=O) groups excluding carboxylic acids is 1. The van der Waals surface area contributed by atoms with Crippen LogP contribution in [-0.4, -0.2) is 14.3 Å². The first-order chi connectivity index (χ1) is 11.4. The topological polar surface area (TPSA) is 89.3 Å². The molecular weight excluding hydrogens is 344 g/mol. The lowest BCUT2D eigenvalue weighted by atomic mass is 10.0. The van der Waals surface area contributed by atoms with Crippen LogP contribution in [0.5, 0.6) is 0 Å². The minimum atomic E-state index is -3.69. The number of carbonyl (C=O) groups is 1. The summed E-state index contributed by atoms with van der Waals surface area (Å²) in [6.45, 7) is 0.282. The van der Waals surface area contributed by atoms with Crippen molar-refractivity contribution in [1.82, 2.24) is 5.32 Å². The molecule has 0 aliphatic carbocycles. The molecule has 3 aromatic rings. The number of hydrogen-bond acceptors (Lipinski definition) is 4. The molecule has 24 heavy (non-hydrogen) atoms. The van der Waals surface area contributed by atoms with Gasteiger partial charge in [0.15, 0.2) is 0 Å². The number of thiophene rings is 1. The van der Waals surface area contributed by atoms with Gasteiger partial charge in [-0.25, -0.2) is 13.6 Å². The Morgan fingerprint density at radius 3 is 2.54 bits per heavy atom. The minimum Gasteiger partial charge on any atom is -0.351 e. The van der Waals surface area contributed by atoms with Gasteiger partial charge in [-0.3, -0.25) is 4.79 Å². The number of hydrogen-bond donors (Lipinski definition) is 2. The normalized spacial score (nSPS) is 11.5. The second-order valence-corrected chi connectivity index (χ2v) is 8.31. The average molecular weight is 360 g/mol. The van der Waals surface area contributed by atoms with Gasteiger partial charge in [-0.2, -0.15) is 0 Å². The van der Waals surface area contributed by atoms with Crippen LogP contribution in [0.1, 0.15) is 10.4 Å². The van der Waals surface area contributed by atoms with Crippen LogP contribution in [0.2, 0.25) is 0 Å². The molecule has 1 amide bonds. The Morgan fingerprint density at radius 1 is 1.04 bits per heavy atom. The monoisotopic (exact) mass is 360 g/mol. The number of primary sulfonamides is 1. The second-order valence-electron chi connectivity index (χ2n) is 5.36. The van der Waals surface area contributed by atoms with Crippen molar-refractivity contribution in [3.63, 3.8) is 0 Å². The molecule has 124 valence electrons. The zero-order chi connectivity index (χ0) is 17.2. The largest absolute Gasteiger partial charge is 0.351 e. The van der Waals surface area contributed by atoms with Gasteiger partial charge in [0.2, 0.25) is 15.9 Å². The maximum absolute atomic E-state index is 12.2. The SMILES string of the molecule is NS(=O)(=O)c1ccc(CNC(=O)Cc2cccc3ccccc23)s1. The number of nitrogens with two attached hydrogens (primary N) is 1. The molecule has 0 saturated carbocycles. The second kappa shape index (κ2) is 6.72. The van der Waals surface area contributed by atoms with E-state index in [4.69, 9.17) is 5.14 Å². The van der Waals surface area contributed by atoms with Crippen LogP contribution < -0.4 is 10.5 Å². The van der Waals surface area contributed by atoms with Crippen molar-refractivity contribution in [2.45, 2.75) is 17.2 Å². The molecule has 1 heterocycles. The van der Waals surface area contributed by atoms with Crippen LogP contribution in [0.4, 0.5) is 0 Å². The van der Waals surface area contributed by atoms with Crippen molar-refractivity contribution < 1.29 is 13.2 Å². The number of sulfonamides is 1. The van der Waals surface area contributed by atoms with E-state index in [9.17, 15) is 13.2 Å². The highest BCUT2D eigenvalue weighted by Crippen LogP contribution is 2.21. The van der Waals surface area contributed by atoms with Crippen LogP contribution in [-0.2, 0) is 27.8 Å². The summed E-state index contributed by atoms with van der Waals surface area (Å²) in [6.07, 6.45) is 0.273. The molecule has 7 heteroatoms. The minimum absolute atomic E-state index is 0.0980. The highest BCUT2D eigenvalue weighted by Gasteiger charge is 2.12. The summed E-state index contributed by atoms with van der Waals surface area (Å²) in [4.78, 5) is 12.9. The predicted molar refractivity (Wildman–Crippen MR) is 95.2 cm³/mol. The van der Waals surface area contributed by atoms with Crippen molar-refractivity contribution in [1.29, 1.82) is 0 Å². The van der Waals surface area contributed by atoms with E-state index in [-0.39, 0.29) is 23.1 Å². The summed E-state index contributed by atoms with van der Waals surface area (Å²) in [5.41, 5.74) is 0.960. The highest BCUT2D eigenvalue weighted by molar-refractivity contribution is 7.91. The molecule has 1 aromatic heterocycles. The van der Waals surface area contributed by atoms with Crippen molar-refractivity contribution in [2.24, 2.45) is 5.14 Å². The first kappa shape index (κ1) is 16.6. The molecule has 3 rings (SSSR count). The molecule has 0 fully saturated rings. The van der Waals surface area contributed by atoms with Gasteiger partial charge in [0.05, 0.1) is 13.0 Å². The van der Waals surface area contributed by atoms with Gasteiger partial charge in [0, 0.05) is 4.88 Å². The van der Waals surface area contributed by atoms with E-state index in [0.717, 1.165) is 32.5 Å². The summed E-state index contributed by atoms with van der Waals surface area (Å²) in [7, 11) is -3.69. The fourth-order valence-corrected chi connectivity index (χ4v) is 4.19. The van der Waals surface area contributed by atoms with E-state index in [2.05, 4.69) is 5.32 Å². The Morgan fingerprint density at radius 2 is 1.79 bits per heavy atom. The molecule has 0 atom stereocenters. The van der Waals surface area contributed by atoms with E-state index in [1.54, 1.807) is 6.07 Å². The highest BCUT2D eigenvalue weighted by atomic mass is 32.2. The fraction of sp³-hybridized carbons (Fsp3) is 0.118. The van der Waals surface area contributed by atoms with Crippen LogP contribution in [0.25, 0.3) is 10.8 Å². The van der Waals surface area contributed by atoms with Crippen molar-refractivity contribution in [2.75, 3.05) is 0 Å². The van der Waals surface area contributed by atoms with Gasteiger partial charge < -0.3 is 5.32 Å². The molecular formula is C17H16N2O3S2.